The maximum absolute atomic E-state index is 12.8. The first-order valence-corrected chi connectivity index (χ1v) is 10.9. The number of anilines is 1. The van der Waals surface area contributed by atoms with E-state index in [4.69, 9.17) is 25.8 Å². The van der Waals surface area contributed by atoms with Gasteiger partial charge < -0.3 is 19.5 Å². The highest BCUT2D eigenvalue weighted by molar-refractivity contribution is 6.30. The summed E-state index contributed by atoms with van der Waals surface area (Å²) in [4.78, 5) is 25.2. The summed E-state index contributed by atoms with van der Waals surface area (Å²) in [5.41, 5.74) is 1.47. The maximum atomic E-state index is 12.8. The highest BCUT2D eigenvalue weighted by atomic mass is 35.5. The molecule has 1 aromatic heterocycles. The van der Waals surface area contributed by atoms with E-state index < -0.39 is 12.0 Å². The van der Waals surface area contributed by atoms with E-state index in [9.17, 15) is 9.59 Å². The van der Waals surface area contributed by atoms with Gasteiger partial charge in [-0.15, -0.1) is 5.10 Å². The Balaban J connectivity index is 1.80. The molecule has 9 heteroatoms. The van der Waals surface area contributed by atoms with Crippen LogP contribution in [0.5, 0.6) is 17.4 Å². The van der Waals surface area contributed by atoms with Crippen LogP contribution in [0.4, 0.5) is 5.69 Å². The lowest BCUT2D eigenvalue weighted by atomic mass is 10.2. The normalized spacial score (nSPS) is 11.5. The van der Waals surface area contributed by atoms with Crippen LogP contribution in [0, 0.1) is 6.92 Å². The molecular formula is C24H26ClN3O5. The molecule has 0 bridgehead atoms. The second kappa shape index (κ2) is 10.9. The van der Waals surface area contributed by atoms with Gasteiger partial charge in [0.2, 0.25) is 5.88 Å². The molecule has 2 aromatic carbocycles. The molecule has 3 rings (SSSR count). The first-order valence-electron chi connectivity index (χ1n) is 10.6. The SMILES string of the molecule is CCOc1ccc(OCC)c(NC(=O)[C@@H](C)Oc2ccc(=O)n(-c3cc(Cl)ccc3C)n2)c1. The lowest BCUT2D eigenvalue weighted by molar-refractivity contribution is -0.122. The van der Waals surface area contributed by atoms with Crippen LogP contribution in [0.2, 0.25) is 5.02 Å². The fraction of sp³-hybridized carbons (Fsp3) is 0.292. The van der Waals surface area contributed by atoms with Gasteiger partial charge in [-0.25, -0.2) is 0 Å². The molecule has 3 aromatic rings. The molecule has 0 radical (unpaired) electrons. The number of hydrogen-bond acceptors (Lipinski definition) is 6. The maximum Gasteiger partial charge on any atom is 0.271 e. The number of halogens is 1. The van der Waals surface area contributed by atoms with E-state index in [1.54, 1.807) is 43.3 Å². The number of ether oxygens (including phenoxy) is 3. The summed E-state index contributed by atoms with van der Waals surface area (Å²) in [7, 11) is 0. The van der Waals surface area contributed by atoms with Crippen molar-refractivity contribution in [3.05, 3.63) is 69.5 Å². The van der Waals surface area contributed by atoms with E-state index in [1.165, 1.54) is 16.8 Å². The Hall–Kier alpha value is -3.52. The zero-order chi connectivity index (χ0) is 24.0. The first kappa shape index (κ1) is 24.1. The minimum Gasteiger partial charge on any atom is -0.494 e. The Labute approximate surface area is 197 Å². The number of benzene rings is 2. The second-order valence-electron chi connectivity index (χ2n) is 7.13. The summed E-state index contributed by atoms with van der Waals surface area (Å²) in [5, 5.41) is 7.54. The minimum absolute atomic E-state index is 0.115. The molecule has 33 heavy (non-hydrogen) atoms. The Kier molecular flexibility index (Phi) is 7.95. The molecule has 0 unspecified atom stereocenters. The van der Waals surface area contributed by atoms with Crippen molar-refractivity contribution in [3.63, 3.8) is 0 Å². The third kappa shape index (κ3) is 6.04. The summed E-state index contributed by atoms with van der Waals surface area (Å²) in [5.74, 6) is 0.827. The summed E-state index contributed by atoms with van der Waals surface area (Å²) < 4.78 is 18.0. The van der Waals surface area contributed by atoms with Crippen molar-refractivity contribution in [3.8, 4) is 23.1 Å². The molecule has 1 heterocycles. The van der Waals surface area contributed by atoms with Crippen molar-refractivity contribution in [1.29, 1.82) is 0 Å². The molecule has 1 N–H and O–H groups in total. The van der Waals surface area contributed by atoms with Crippen LogP contribution in [-0.2, 0) is 4.79 Å². The first-order chi connectivity index (χ1) is 15.8. The van der Waals surface area contributed by atoms with Gasteiger partial charge in [-0.2, -0.15) is 4.68 Å². The van der Waals surface area contributed by atoms with E-state index in [-0.39, 0.29) is 11.4 Å². The summed E-state index contributed by atoms with van der Waals surface area (Å²) >= 11 is 6.08. The average Bonchev–Trinajstić information content (AvgIpc) is 2.79. The third-order valence-electron chi connectivity index (χ3n) is 4.66. The van der Waals surface area contributed by atoms with Gasteiger partial charge >= 0.3 is 0 Å². The van der Waals surface area contributed by atoms with Gasteiger partial charge in [-0.05, 0) is 57.5 Å². The highest BCUT2D eigenvalue weighted by Crippen LogP contribution is 2.30. The number of carbonyl (C=O) groups is 1. The monoisotopic (exact) mass is 471 g/mol. The van der Waals surface area contributed by atoms with Crippen LogP contribution in [0.25, 0.3) is 5.69 Å². The molecule has 8 nitrogen and oxygen atoms in total. The molecule has 0 spiro atoms. The Morgan fingerprint density at radius 1 is 1.09 bits per heavy atom. The van der Waals surface area contributed by atoms with E-state index in [0.29, 0.717) is 41.1 Å². The predicted octanol–water partition coefficient (Wildman–Crippen LogP) is 4.40. The van der Waals surface area contributed by atoms with Gasteiger partial charge in [0.25, 0.3) is 11.5 Å². The molecule has 1 atom stereocenters. The van der Waals surface area contributed by atoms with Gasteiger partial charge in [0, 0.05) is 23.2 Å². The Bertz CT molecular complexity index is 1190. The van der Waals surface area contributed by atoms with Gasteiger partial charge in [-0.1, -0.05) is 17.7 Å². The molecule has 0 aliphatic heterocycles. The number of aryl methyl sites for hydroxylation is 1. The number of amides is 1. The van der Waals surface area contributed by atoms with Crippen LogP contribution in [0.1, 0.15) is 26.3 Å². The van der Waals surface area contributed by atoms with Crippen molar-refractivity contribution < 1.29 is 19.0 Å². The fourth-order valence-corrected chi connectivity index (χ4v) is 3.22. The van der Waals surface area contributed by atoms with Crippen LogP contribution in [0.3, 0.4) is 0 Å². The quantitative estimate of drug-likeness (QED) is 0.497. The zero-order valence-electron chi connectivity index (χ0n) is 18.9. The van der Waals surface area contributed by atoms with Gasteiger partial charge in [0.15, 0.2) is 6.10 Å². The van der Waals surface area contributed by atoms with E-state index in [1.807, 2.05) is 20.8 Å². The Morgan fingerprint density at radius 3 is 2.58 bits per heavy atom. The lowest BCUT2D eigenvalue weighted by Crippen LogP contribution is -2.31. The van der Waals surface area contributed by atoms with E-state index in [0.717, 1.165) is 5.56 Å². The molecule has 0 aliphatic rings. The highest BCUT2D eigenvalue weighted by Gasteiger charge is 2.19. The summed E-state index contributed by atoms with van der Waals surface area (Å²) in [6, 6.07) is 13.1. The minimum atomic E-state index is -0.908. The molecular weight excluding hydrogens is 446 g/mol. The number of nitrogens with one attached hydrogen (secondary N) is 1. The molecule has 1 amide bonds. The van der Waals surface area contributed by atoms with E-state index in [2.05, 4.69) is 10.4 Å². The molecule has 0 fully saturated rings. The average molecular weight is 472 g/mol. The molecule has 0 saturated heterocycles. The Morgan fingerprint density at radius 2 is 1.85 bits per heavy atom. The molecule has 174 valence electrons. The van der Waals surface area contributed by atoms with Crippen molar-refractivity contribution in [2.45, 2.75) is 33.8 Å². The number of rotatable bonds is 9. The standard InChI is InChI=1S/C24H26ClN3O5/c1-5-31-18-9-10-21(32-6-2)19(14-18)26-24(30)16(4)33-22-11-12-23(29)28(27-22)20-13-17(25)8-7-15(20)3/h7-14,16H,5-6H2,1-4H3,(H,26,30)/t16-/m1/s1. The topological polar surface area (TPSA) is 91.7 Å². The van der Waals surface area contributed by atoms with Gasteiger partial charge in [0.1, 0.15) is 11.5 Å². The predicted molar refractivity (Wildman–Crippen MR) is 127 cm³/mol. The number of carbonyl (C=O) groups excluding carboxylic acids is 1. The number of nitrogens with zero attached hydrogens (tertiary/aromatic N) is 2. The summed E-state index contributed by atoms with van der Waals surface area (Å²) in [6.45, 7) is 8.10. The van der Waals surface area contributed by atoms with Crippen molar-refractivity contribution in [2.75, 3.05) is 18.5 Å². The fourth-order valence-electron chi connectivity index (χ4n) is 3.05. The number of hydrogen-bond donors (Lipinski definition) is 1. The third-order valence-corrected chi connectivity index (χ3v) is 4.90. The van der Waals surface area contributed by atoms with E-state index >= 15 is 0 Å². The smallest absolute Gasteiger partial charge is 0.271 e. The lowest BCUT2D eigenvalue weighted by Gasteiger charge is -2.17. The van der Waals surface area contributed by atoms with Crippen molar-refractivity contribution in [1.82, 2.24) is 9.78 Å². The molecule has 0 saturated carbocycles. The van der Waals surface area contributed by atoms with Crippen LogP contribution < -0.4 is 25.1 Å². The largest absolute Gasteiger partial charge is 0.494 e. The van der Waals surface area contributed by atoms with Crippen LogP contribution in [0.15, 0.2) is 53.3 Å². The summed E-state index contributed by atoms with van der Waals surface area (Å²) in [6.07, 6.45) is -0.908. The second-order valence-corrected chi connectivity index (χ2v) is 7.56. The molecule has 0 aliphatic carbocycles. The van der Waals surface area contributed by atoms with Gasteiger partial charge in [-0.3, -0.25) is 9.59 Å². The zero-order valence-corrected chi connectivity index (χ0v) is 19.7. The van der Waals surface area contributed by atoms with Crippen molar-refractivity contribution in [2.24, 2.45) is 0 Å². The van der Waals surface area contributed by atoms with Crippen LogP contribution in [-0.4, -0.2) is 35.0 Å². The van der Waals surface area contributed by atoms with Crippen molar-refractivity contribution >= 4 is 23.2 Å². The van der Waals surface area contributed by atoms with Gasteiger partial charge in [0.05, 0.1) is 24.6 Å². The van der Waals surface area contributed by atoms with Crippen LogP contribution >= 0.6 is 11.6 Å². The number of aromatic nitrogens is 2.